The number of rotatable bonds is 8. The molecule has 112 valence electrons. The van der Waals surface area contributed by atoms with Gasteiger partial charge in [0.1, 0.15) is 0 Å². The lowest BCUT2D eigenvalue weighted by Crippen LogP contribution is -2.39. The third-order valence-corrected chi connectivity index (χ3v) is 4.19. The quantitative estimate of drug-likeness (QED) is 0.716. The smallest absolute Gasteiger partial charge is 0.230 e. The number of amides is 1. The predicted molar refractivity (Wildman–Crippen MR) is 82.7 cm³/mol. The summed E-state index contributed by atoms with van der Waals surface area (Å²) in [6.07, 6.45) is 0.460. The number of thioether (sulfide) groups is 1. The molecule has 7 heteroatoms. The highest BCUT2D eigenvalue weighted by Gasteiger charge is 2.12. The first-order valence-electron chi connectivity index (χ1n) is 6.03. The van der Waals surface area contributed by atoms with Gasteiger partial charge in [-0.1, -0.05) is 23.2 Å². The van der Waals surface area contributed by atoms with Gasteiger partial charge >= 0.3 is 0 Å². The van der Waals surface area contributed by atoms with E-state index in [1.54, 1.807) is 25.3 Å². The van der Waals surface area contributed by atoms with Gasteiger partial charge in [0, 0.05) is 23.6 Å². The van der Waals surface area contributed by atoms with Crippen LogP contribution in [0.4, 0.5) is 0 Å². The van der Waals surface area contributed by atoms with Gasteiger partial charge < -0.3 is 15.2 Å². The third kappa shape index (κ3) is 6.33. The summed E-state index contributed by atoms with van der Waals surface area (Å²) in [5.41, 5.74) is 0. The second-order valence-electron chi connectivity index (χ2n) is 4.10. The average Bonchev–Trinajstić information content (AvgIpc) is 2.40. The fourth-order valence-corrected chi connectivity index (χ4v) is 2.86. The second-order valence-corrected chi connectivity index (χ2v) is 5.96. The zero-order valence-corrected chi connectivity index (χ0v) is 13.4. The second kappa shape index (κ2) is 9.47. The molecular weight excluding hydrogens is 321 g/mol. The molecule has 1 unspecified atom stereocenters. The molecule has 1 aromatic rings. The molecule has 1 aromatic carbocycles. The van der Waals surface area contributed by atoms with Crippen LogP contribution < -0.4 is 5.32 Å². The van der Waals surface area contributed by atoms with E-state index in [9.17, 15) is 4.79 Å². The fraction of sp³-hybridized carbons (Fsp3) is 0.462. The molecule has 0 saturated heterocycles. The third-order valence-electron chi connectivity index (χ3n) is 2.46. The van der Waals surface area contributed by atoms with Crippen LogP contribution in [0, 0.1) is 0 Å². The van der Waals surface area contributed by atoms with Gasteiger partial charge in [0.05, 0.1) is 23.4 Å². The molecule has 0 radical (unpaired) electrons. The zero-order chi connectivity index (χ0) is 15.0. The summed E-state index contributed by atoms with van der Waals surface area (Å²) in [7, 11) is 1.55. The number of benzene rings is 1. The van der Waals surface area contributed by atoms with Gasteiger partial charge in [-0.25, -0.2) is 0 Å². The molecule has 0 saturated carbocycles. The maximum atomic E-state index is 11.8. The Labute approximate surface area is 132 Å². The summed E-state index contributed by atoms with van der Waals surface area (Å²) < 4.78 is 4.98. The lowest BCUT2D eigenvalue weighted by molar-refractivity contribution is -0.119. The van der Waals surface area contributed by atoms with Crippen molar-refractivity contribution in [3.8, 4) is 0 Å². The molecule has 1 rings (SSSR count). The van der Waals surface area contributed by atoms with Crippen LogP contribution in [0.15, 0.2) is 23.1 Å². The van der Waals surface area contributed by atoms with E-state index >= 15 is 0 Å². The number of nitrogens with one attached hydrogen (secondary N) is 1. The summed E-state index contributed by atoms with van der Waals surface area (Å²) >= 11 is 13.2. The molecule has 0 fully saturated rings. The van der Waals surface area contributed by atoms with Crippen LogP contribution in [0.25, 0.3) is 0 Å². The highest BCUT2D eigenvalue weighted by Crippen LogP contribution is 2.29. The van der Waals surface area contributed by atoms with Crippen molar-refractivity contribution in [2.24, 2.45) is 0 Å². The van der Waals surface area contributed by atoms with Crippen molar-refractivity contribution >= 4 is 40.9 Å². The molecule has 2 N–H and O–H groups in total. The lowest BCUT2D eigenvalue weighted by atomic mass is 10.2. The van der Waals surface area contributed by atoms with E-state index in [-0.39, 0.29) is 24.3 Å². The van der Waals surface area contributed by atoms with Gasteiger partial charge in [-0.3, -0.25) is 4.79 Å². The van der Waals surface area contributed by atoms with Crippen molar-refractivity contribution in [3.05, 3.63) is 28.2 Å². The minimum atomic E-state index is -0.187. The minimum Gasteiger partial charge on any atom is -0.396 e. The molecule has 4 nitrogen and oxygen atoms in total. The molecule has 0 heterocycles. The normalized spacial score (nSPS) is 12.2. The van der Waals surface area contributed by atoms with Crippen LogP contribution in [0.1, 0.15) is 6.42 Å². The Balaban J connectivity index is 2.47. The Bertz CT molecular complexity index is 440. The first kappa shape index (κ1) is 17.6. The molecular formula is C13H17Cl2NO3S. The van der Waals surface area contributed by atoms with Crippen LogP contribution in [0.3, 0.4) is 0 Å². The van der Waals surface area contributed by atoms with Crippen LogP contribution in [-0.4, -0.2) is 43.1 Å². The van der Waals surface area contributed by atoms with Crippen molar-refractivity contribution in [1.29, 1.82) is 0 Å². The van der Waals surface area contributed by atoms with E-state index < -0.39 is 0 Å². The summed E-state index contributed by atoms with van der Waals surface area (Å²) in [4.78, 5) is 12.6. The van der Waals surface area contributed by atoms with Crippen LogP contribution >= 0.6 is 35.0 Å². The fourth-order valence-electron chi connectivity index (χ4n) is 1.55. The van der Waals surface area contributed by atoms with Crippen molar-refractivity contribution in [2.45, 2.75) is 17.4 Å². The molecule has 0 bridgehead atoms. The maximum absolute atomic E-state index is 11.8. The highest BCUT2D eigenvalue weighted by atomic mass is 35.5. The van der Waals surface area contributed by atoms with Crippen molar-refractivity contribution in [3.63, 3.8) is 0 Å². The minimum absolute atomic E-state index is 0.00156. The molecule has 0 aromatic heterocycles. The first-order valence-corrected chi connectivity index (χ1v) is 7.78. The number of carbonyl (C=O) groups is 1. The Morgan fingerprint density at radius 1 is 1.50 bits per heavy atom. The lowest BCUT2D eigenvalue weighted by Gasteiger charge is -2.16. The van der Waals surface area contributed by atoms with Gasteiger partial charge in [0.15, 0.2) is 0 Å². The molecule has 20 heavy (non-hydrogen) atoms. The van der Waals surface area contributed by atoms with E-state index in [1.807, 2.05) is 0 Å². The molecule has 0 spiro atoms. The maximum Gasteiger partial charge on any atom is 0.230 e. The number of hydrogen-bond donors (Lipinski definition) is 2. The summed E-state index contributed by atoms with van der Waals surface area (Å²) in [5, 5.41) is 12.9. The van der Waals surface area contributed by atoms with Crippen LogP contribution in [-0.2, 0) is 9.53 Å². The SMILES string of the molecule is COCC(CCO)NC(=O)CSc1cc(Cl)ccc1Cl. The molecule has 1 amide bonds. The van der Waals surface area contributed by atoms with Gasteiger partial charge in [0.25, 0.3) is 0 Å². The number of halogens is 2. The number of carbonyl (C=O) groups excluding carboxylic acids is 1. The topological polar surface area (TPSA) is 58.6 Å². The van der Waals surface area contributed by atoms with Gasteiger partial charge in [0.2, 0.25) is 5.91 Å². The number of aliphatic hydroxyl groups excluding tert-OH is 1. The molecule has 1 atom stereocenters. The summed E-state index contributed by atoms with van der Waals surface area (Å²) in [6, 6.07) is 4.93. The summed E-state index contributed by atoms with van der Waals surface area (Å²) in [5.74, 6) is 0.0904. The number of aliphatic hydroxyl groups is 1. The van der Waals surface area contributed by atoms with E-state index in [4.69, 9.17) is 33.0 Å². The number of methoxy groups -OCH3 is 1. The van der Waals surface area contributed by atoms with Crippen molar-refractivity contribution in [1.82, 2.24) is 5.32 Å². The van der Waals surface area contributed by atoms with E-state index in [1.165, 1.54) is 11.8 Å². The highest BCUT2D eigenvalue weighted by molar-refractivity contribution is 8.00. The molecule has 0 aliphatic rings. The summed E-state index contributed by atoms with van der Waals surface area (Å²) in [6.45, 7) is 0.371. The predicted octanol–water partition coefficient (Wildman–Crippen LogP) is 2.60. The van der Waals surface area contributed by atoms with E-state index in [2.05, 4.69) is 5.32 Å². The largest absolute Gasteiger partial charge is 0.396 e. The Morgan fingerprint density at radius 3 is 2.90 bits per heavy atom. The van der Waals surface area contributed by atoms with Crippen LogP contribution in [0.5, 0.6) is 0 Å². The number of hydrogen-bond acceptors (Lipinski definition) is 4. The number of ether oxygens (including phenoxy) is 1. The molecule has 0 aliphatic carbocycles. The van der Waals surface area contributed by atoms with Crippen molar-refractivity contribution < 1.29 is 14.6 Å². The Kier molecular flexibility index (Phi) is 8.33. The molecule has 0 aliphatic heterocycles. The first-order chi connectivity index (χ1) is 9.56. The van der Waals surface area contributed by atoms with E-state index in [0.717, 1.165) is 4.90 Å². The van der Waals surface area contributed by atoms with E-state index in [0.29, 0.717) is 23.1 Å². The van der Waals surface area contributed by atoms with Crippen LogP contribution in [0.2, 0.25) is 10.0 Å². The zero-order valence-electron chi connectivity index (χ0n) is 11.1. The van der Waals surface area contributed by atoms with Gasteiger partial charge in [-0.05, 0) is 24.6 Å². The Morgan fingerprint density at radius 2 is 2.25 bits per heavy atom. The monoisotopic (exact) mass is 337 g/mol. The Hall–Kier alpha value is -0.460. The standard InChI is InChI=1S/C13H17Cl2NO3S/c1-19-7-10(4-5-17)16-13(18)8-20-12-6-9(14)2-3-11(12)15/h2-3,6,10,17H,4-5,7-8H2,1H3,(H,16,18). The van der Waals surface area contributed by atoms with Crippen molar-refractivity contribution in [2.75, 3.05) is 26.1 Å². The average molecular weight is 338 g/mol. The van der Waals surface area contributed by atoms with Gasteiger partial charge in [-0.15, -0.1) is 11.8 Å². The van der Waals surface area contributed by atoms with Gasteiger partial charge in [-0.2, -0.15) is 0 Å².